The smallest absolute Gasteiger partial charge is 0.0601 e. The minimum Gasteiger partial charge on any atom is -0.292 e. The van der Waals surface area contributed by atoms with Gasteiger partial charge in [0.15, 0.2) is 0 Å². The molecule has 0 aliphatic carbocycles. The zero-order valence-electron chi connectivity index (χ0n) is 13.3. The van der Waals surface area contributed by atoms with Gasteiger partial charge in [-0.15, -0.1) is 0 Å². The maximum Gasteiger partial charge on any atom is 0.0601 e. The molecule has 0 saturated carbocycles. The van der Waals surface area contributed by atoms with Crippen LogP contribution in [0.3, 0.4) is 0 Å². The summed E-state index contributed by atoms with van der Waals surface area (Å²) in [7, 11) is 0. The fourth-order valence-corrected chi connectivity index (χ4v) is 3.67. The Labute approximate surface area is 135 Å². The minimum atomic E-state index is 0.392. The quantitative estimate of drug-likeness (QED) is 0.741. The van der Waals surface area contributed by atoms with Crippen LogP contribution < -0.4 is 0 Å². The maximum atomic E-state index is 4.02. The highest BCUT2D eigenvalue weighted by Crippen LogP contribution is 2.33. The zero-order chi connectivity index (χ0) is 15.2. The Morgan fingerprint density at radius 2 is 1.36 bits per heavy atom. The number of nitrogens with zero attached hydrogens (tertiary/aromatic N) is 1. The minimum absolute atomic E-state index is 0.392. The third-order valence-corrected chi connectivity index (χ3v) is 4.86. The van der Waals surface area contributed by atoms with Gasteiger partial charge in [0.25, 0.3) is 0 Å². The van der Waals surface area contributed by atoms with E-state index >= 15 is 0 Å². The molecule has 0 N–H and O–H groups in total. The second-order valence-corrected chi connectivity index (χ2v) is 6.35. The van der Waals surface area contributed by atoms with Crippen LogP contribution in [-0.2, 0) is 0 Å². The van der Waals surface area contributed by atoms with Gasteiger partial charge in [-0.25, -0.2) is 0 Å². The van der Waals surface area contributed by atoms with Crippen molar-refractivity contribution < 1.29 is 0 Å². The van der Waals surface area contributed by atoms with E-state index in [1.54, 1.807) is 0 Å². The van der Waals surface area contributed by atoms with Gasteiger partial charge < -0.3 is 0 Å². The van der Waals surface area contributed by atoms with Crippen LogP contribution in [0.2, 0.25) is 0 Å². The molecule has 3 rings (SSSR count). The fraction of sp³-hybridized carbons (Fsp3) is 0.381. The Morgan fingerprint density at radius 1 is 0.864 bits per heavy atom. The summed E-state index contributed by atoms with van der Waals surface area (Å²) >= 11 is 0. The van der Waals surface area contributed by atoms with E-state index in [1.807, 2.05) is 0 Å². The topological polar surface area (TPSA) is 3.24 Å². The molecule has 0 aromatic heterocycles. The predicted octanol–water partition coefficient (Wildman–Crippen LogP) is 5.10. The molecular weight excluding hydrogens is 266 g/mol. The summed E-state index contributed by atoms with van der Waals surface area (Å²) in [6.45, 7) is 6.40. The summed E-state index contributed by atoms with van der Waals surface area (Å²) in [6.07, 6.45) is 4.98. The molecule has 0 amide bonds. The highest BCUT2D eigenvalue weighted by atomic mass is 15.2. The van der Waals surface area contributed by atoms with Crippen molar-refractivity contribution in [1.82, 2.24) is 4.90 Å². The van der Waals surface area contributed by atoms with Gasteiger partial charge in [0.05, 0.1) is 6.04 Å². The lowest BCUT2D eigenvalue weighted by Crippen LogP contribution is -2.37. The number of benzene rings is 2. The normalized spacial score (nSPS) is 17.0. The summed E-state index contributed by atoms with van der Waals surface area (Å²) < 4.78 is 0. The molecule has 1 fully saturated rings. The SMILES string of the molecule is [CH2]CCC1CCN(C(c2ccccc2)c2ccccc2)CC1. The van der Waals surface area contributed by atoms with Crippen LogP contribution in [0.1, 0.15) is 42.9 Å². The van der Waals surface area contributed by atoms with Crippen molar-refractivity contribution >= 4 is 0 Å². The van der Waals surface area contributed by atoms with Crippen LogP contribution in [0.4, 0.5) is 0 Å². The van der Waals surface area contributed by atoms with Crippen molar-refractivity contribution in [2.75, 3.05) is 13.1 Å². The monoisotopic (exact) mass is 292 g/mol. The Bertz CT molecular complexity index is 501. The standard InChI is InChI=1S/C21H26N/c1-2-9-18-14-16-22(17-15-18)21(19-10-5-3-6-11-19)20-12-7-4-8-13-20/h3-8,10-13,18,21H,1-2,9,14-17H2. The van der Waals surface area contributed by atoms with Crippen LogP contribution in [0, 0.1) is 12.8 Å². The first kappa shape index (κ1) is 15.3. The number of hydrogen-bond donors (Lipinski definition) is 0. The summed E-state index contributed by atoms with van der Waals surface area (Å²) in [5, 5.41) is 0. The van der Waals surface area contributed by atoms with E-state index in [0.29, 0.717) is 6.04 Å². The lowest BCUT2D eigenvalue weighted by molar-refractivity contribution is 0.147. The first-order chi connectivity index (χ1) is 10.9. The van der Waals surface area contributed by atoms with E-state index in [2.05, 4.69) is 72.5 Å². The predicted molar refractivity (Wildman–Crippen MR) is 93.6 cm³/mol. The van der Waals surface area contributed by atoms with E-state index < -0.39 is 0 Å². The van der Waals surface area contributed by atoms with Gasteiger partial charge in [-0.2, -0.15) is 0 Å². The molecule has 1 radical (unpaired) electrons. The molecule has 22 heavy (non-hydrogen) atoms. The summed E-state index contributed by atoms with van der Waals surface area (Å²) in [5.41, 5.74) is 2.81. The highest BCUT2D eigenvalue weighted by molar-refractivity contribution is 5.31. The van der Waals surface area contributed by atoms with E-state index in [9.17, 15) is 0 Å². The molecule has 1 aliphatic rings. The third-order valence-electron chi connectivity index (χ3n) is 4.86. The number of rotatable bonds is 5. The highest BCUT2D eigenvalue weighted by Gasteiger charge is 2.26. The first-order valence-electron chi connectivity index (χ1n) is 8.51. The van der Waals surface area contributed by atoms with Crippen LogP contribution in [0.15, 0.2) is 60.7 Å². The van der Waals surface area contributed by atoms with Crippen molar-refractivity contribution in [2.24, 2.45) is 5.92 Å². The van der Waals surface area contributed by atoms with E-state index in [1.165, 1.54) is 43.5 Å². The van der Waals surface area contributed by atoms with E-state index in [-0.39, 0.29) is 0 Å². The molecule has 2 aromatic carbocycles. The Balaban J connectivity index is 1.81. The van der Waals surface area contributed by atoms with Crippen molar-refractivity contribution in [3.8, 4) is 0 Å². The number of piperidine rings is 1. The Morgan fingerprint density at radius 3 is 1.82 bits per heavy atom. The van der Waals surface area contributed by atoms with Crippen molar-refractivity contribution in [3.63, 3.8) is 0 Å². The third kappa shape index (κ3) is 3.59. The van der Waals surface area contributed by atoms with Gasteiger partial charge in [0, 0.05) is 0 Å². The van der Waals surface area contributed by atoms with Gasteiger partial charge in [0.2, 0.25) is 0 Å². The average molecular weight is 292 g/mol. The fourth-order valence-electron chi connectivity index (χ4n) is 3.67. The molecule has 1 nitrogen and oxygen atoms in total. The van der Waals surface area contributed by atoms with Crippen molar-refractivity contribution in [2.45, 2.75) is 31.7 Å². The van der Waals surface area contributed by atoms with Gasteiger partial charge in [0.1, 0.15) is 0 Å². The zero-order valence-corrected chi connectivity index (χ0v) is 13.3. The molecule has 115 valence electrons. The van der Waals surface area contributed by atoms with Gasteiger partial charge >= 0.3 is 0 Å². The molecule has 0 spiro atoms. The second kappa shape index (κ2) is 7.60. The number of hydrogen-bond acceptors (Lipinski definition) is 1. The van der Waals surface area contributed by atoms with Gasteiger partial charge in [-0.3, -0.25) is 4.90 Å². The molecule has 0 bridgehead atoms. The largest absolute Gasteiger partial charge is 0.292 e. The number of likely N-dealkylation sites (tertiary alicyclic amines) is 1. The summed E-state index contributed by atoms with van der Waals surface area (Å²) in [4.78, 5) is 2.66. The molecule has 2 aromatic rings. The summed E-state index contributed by atoms with van der Waals surface area (Å²) in [6, 6.07) is 22.3. The van der Waals surface area contributed by atoms with E-state index in [0.717, 1.165) is 12.3 Å². The Kier molecular flexibility index (Phi) is 5.29. The first-order valence-corrected chi connectivity index (χ1v) is 8.51. The second-order valence-electron chi connectivity index (χ2n) is 6.35. The lowest BCUT2D eigenvalue weighted by Gasteiger charge is -2.38. The molecule has 0 atom stereocenters. The Hall–Kier alpha value is -1.60. The molecule has 1 saturated heterocycles. The molecule has 1 heteroatoms. The van der Waals surface area contributed by atoms with Crippen LogP contribution in [0.25, 0.3) is 0 Å². The summed E-state index contributed by atoms with van der Waals surface area (Å²) in [5.74, 6) is 0.876. The average Bonchev–Trinajstić information content (AvgIpc) is 2.59. The van der Waals surface area contributed by atoms with Crippen molar-refractivity contribution in [1.29, 1.82) is 0 Å². The van der Waals surface area contributed by atoms with Crippen LogP contribution in [0.5, 0.6) is 0 Å². The molecule has 0 unspecified atom stereocenters. The molecule has 1 heterocycles. The maximum absolute atomic E-state index is 4.02. The molecule has 1 aliphatic heterocycles. The van der Waals surface area contributed by atoms with E-state index in [4.69, 9.17) is 0 Å². The van der Waals surface area contributed by atoms with Crippen LogP contribution in [-0.4, -0.2) is 18.0 Å². The van der Waals surface area contributed by atoms with Gasteiger partial charge in [-0.1, -0.05) is 80.4 Å². The van der Waals surface area contributed by atoms with Crippen molar-refractivity contribution in [3.05, 3.63) is 78.7 Å². The van der Waals surface area contributed by atoms with Crippen LogP contribution >= 0.6 is 0 Å². The lowest BCUT2D eigenvalue weighted by atomic mass is 9.89. The van der Waals surface area contributed by atoms with Gasteiger partial charge in [-0.05, 0) is 43.0 Å². The molecular formula is C21H26N.